The first kappa shape index (κ1) is 22.0. The van der Waals surface area contributed by atoms with Crippen molar-refractivity contribution in [3.05, 3.63) is 144 Å². The molecule has 0 saturated carbocycles. The van der Waals surface area contributed by atoms with Gasteiger partial charge in [0.25, 0.3) is 0 Å². The van der Waals surface area contributed by atoms with Crippen LogP contribution in [0.25, 0.3) is 16.7 Å². The van der Waals surface area contributed by atoms with Gasteiger partial charge in [0.2, 0.25) is 0 Å². The van der Waals surface area contributed by atoms with E-state index in [1.165, 1.54) is 14.6 Å². The van der Waals surface area contributed by atoms with Crippen LogP contribution in [-0.4, -0.2) is 21.4 Å². The predicted octanol–water partition coefficient (Wildman–Crippen LogP) is 6.46. The molecule has 38 heavy (non-hydrogen) atoms. The minimum atomic E-state index is -0.0608. The van der Waals surface area contributed by atoms with Gasteiger partial charge in [0.15, 0.2) is 0 Å². The van der Waals surface area contributed by atoms with E-state index in [1.807, 2.05) is 0 Å². The lowest BCUT2D eigenvalue weighted by Crippen LogP contribution is -2.20. The van der Waals surface area contributed by atoms with Crippen molar-refractivity contribution >= 4 is 62.2 Å². The normalized spacial score (nSPS) is 22.9. The van der Waals surface area contributed by atoms with E-state index in [2.05, 4.69) is 111 Å². The second-order valence-electron chi connectivity index (χ2n) is 9.20. The molecule has 3 aliphatic rings. The maximum Gasteiger partial charge on any atom is 0.109 e. The van der Waals surface area contributed by atoms with Gasteiger partial charge in [-0.05, 0) is 76.8 Å². The summed E-state index contributed by atoms with van der Waals surface area (Å²) in [5.74, 6) is 0. The van der Waals surface area contributed by atoms with Crippen LogP contribution in [0, 0.1) is 0 Å². The number of nitrogens with zero attached hydrogens (tertiary/aromatic N) is 2. The van der Waals surface area contributed by atoms with Crippen LogP contribution >= 0.6 is 34.0 Å². The van der Waals surface area contributed by atoms with Crippen LogP contribution in [-0.2, 0) is 0 Å². The molecule has 8 rings (SSSR count). The predicted molar refractivity (Wildman–Crippen MR) is 161 cm³/mol. The van der Waals surface area contributed by atoms with E-state index < -0.39 is 0 Å². The Bertz CT molecular complexity index is 1950. The largest absolute Gasteiger partial charge is 0.356 e. The minimum absolute atomic E-state index is 0.0608. The number of H-pyrrole nitrogens is 2. The number of hydrogen-bond acceptors (Lipinski definition) is 5. The van der Waals surface area contributed by atoms with Crippen LogP contribution in [0.5, 0.6) is 0 Å². The van der Waals surface area contributed by atoms with Crippen LogP contribution < -0.4 is 10.7 Å². The molecule has 0 aliphatic carbocycles. The number of aliphatic imine (C=N–C) groups is 2. The fourth-order valence-electron chi connectivity index (χ4n) is 5.25. The molecule has 0 radical (unpaired) electrons. The van der Waals surface area contributed by atoms with E-state index >= 15 is 0 Å². The third-order valence-electron chi connectivity index (χ3n) is 6.95. The SMILES string of the molecule is C1=C/C2=C(\c3cccs3)c3ccc([nH]3)C3C=CC(=N3)/C(c3cccs3)=c3/cc/c([nH]3)=C(\c3cccs3)C1=N2. The van der Waals surface area contributed by atoms with E-state index in [1.54, 1.807) is 34.0 Å². The highest BCUT2D eigenvalue weighted by molar-refractivity contribution is 7.12. The molecule has 1 unspecified atom stereocenters. The van der Waals surface area contributed by atoms with Crippen molar-refractivity contribution in [2.75, 3.05) is 0 Å². The summed E-state index contributed by atoms with van der Waals surface area (Å²) in [6, 6.07) is 21.4. The Morgan fingerprint density at radius 2 is 1.26 bits per heavy atom. The lowest BCUT2D eigenvalue weighted by atomic mass is 10.1. The number of hydrogen-bond donors (Lipinski definition) is 2. The molecule has 3 aliphatic heterocycles. The highest BCUT2D eigenvalue weighted by atomic mass is 32.1. The summed E-state index contributed by atoms with van der Waals surface area (Å²) in [6.07, 6.45) is 8.63. The number of thiophene rings is 3. The number of aromatic nitrogens is 2. The van der Waals surface area contributed by atoms with Gasteiger partial charge in [0.05, 0.1) is 17.1 Å². The zero-order valence-corrected chi connectivity index (χ0v) is 22.5. The van der Waals surface area contributed by atoms with Gasteiger partial charge in [-0.1, -0.05) is 24.3 Å². The standard InChI is InChI=1S/C31H20N4S3/c1-4-26(36-15-1)29-20-9-7-18(32-20)19-8-10-21(33-19)30(27-5-2-16-37-27)23-12-14-25(35-23)31(28-6-3-17-38-28)24-13-11-22(29)34-24/h1-18,33-34H/b29-22+,30-23+,31-24+. The second-order valence-corrected chi connectivity index (χ2v) is 12.0. The van der Waals surface area contributed by atoms with Crippen LogP contribution in [0.1, 0.15) is 32.1 Å². The first-order chi connectivity index (χ1) is 18.8. The Balaban J connectivity index is 1.48. The molecule has 0 fully saturated rings. The third-order valence-corrected chi connectivity index (χ3v) is 9.61. The van der Waals surface area contributed by atoms with Crippen LogP contribution in [0.4, 0.5) is 0 Å². The summed E-state index contributed by atoms with van der Waals surface area (Å²) in [6.45, 7) is 0. The molecule has 5 aromatic rings. The Morgan fingerprint density at radius 1 is 0.605 bits per heavy atom. The van der Waals surface area contributed by atoms with Crippen molar-refractivity contribution < 1.29 is 0 Å². The lowest BCUT2D eigenvalue weighted by molar-refractivity contribution is 0.890. The van der Waals surface area contributed by atoms with E-state index in [4.69, 9.17) is 9.98 Å². The molecule has 0 aromatic carbocycles. The quantitative estimate of drug-likeness (QED) is 0.262. The van der Waals surface area contributed by atoms with Crippen molar-refractivity contribution in [2.45, 2.75) is 6.04 Å². The zero-order valence-electron chi connectivity index (χ0n) is 20.0. The van der Waals surface area contributed by atoms with Gasteiger partial charge in [-0.3, -0.25) is 4.99 Å². The van der Waals surface area contributed by atoms with Crippen molar-refractivity contribution in [3.8, 4) is 0 Å². The molecule has 0 spiro atoms. The molecular weight excluding hydrogens is 525 g/mol. The number of rotatable bonds is 3. The molecule has 4 nitrogen and oxygen atoms in total. The Morgan fingerprint density at radius 3 is 1.92 bits per heavy atom. The van der Waals surface area contributed by atoms with E-state index in [0.29, 0.717) is 0 Å². The molecule has 182 valence electrons. The fraction of sp³-hybridized carbons (Fsp3) is 0.0323. The van der Waals surface area contributed by atoms with Gasteiger partial charge in [-0.25, -0.2) is 4.99 Å². The number of nitrogens with one attached hydrogen (secondary N) is 2. The van der Waals surface area contributed by atoms with Gasteiger partial charge in [0, 0.05) is 53.4 Å². The highest BCUT2D eigenvalue weighted by Crippen LogP contribution is 2.36. The monoisotopic (exact) mass is 544 g/mol. The van der Waals surface area contributed by atoms with Gasteiger partial charge < -0.3 is 9.97 Å². The minimum Gasteiger partial charge on any atom is -0.356 e. The molecule has 7 heteroatoms. The summed E-state index contributed by atoms with van der Waals surface area (Å²) < 4.78 is 0. The molecule has 0 amide bonds. The van der Waals surface area contributed by atoms with Crippen LogP contribution in [0.2, 0.25) is 0 Å². The summed E-state index contributed by atoms with van der Waals surface area (Å²) in [4.78, 5) is 21.4. The van der Waals surface area contributed by atoms with Crippen molar-refractivity contribution in [3.63, 3.8) is 0 Å². The third kappa shape index (κ3) is 3.55. The highest BCUT2D eigenvalue weighted by Gasteiger charge is 2.24. The molecule has 5 aromatic heterocycles. The summed E-state index contributed by atoms with van der Waals surface area (Å²) in [5, 5.41) is 8.47. The Kier molecular flexibility index (Phi) is 5.07. The topological polar surface area (TPSA) is 56.3 Å². The zero-order chi connectivity index (χ0) is 25.1. The van der Waals surface area contributed by atoms with E-state index in [0.717, 1.165) is 55.9 Å². The summed E-state index contributed by atoms with van der Waals surface area (Å²) >= 11 is 5.20. The number of aromatic amines is 2. The maximum absolute atomic E-state index is 5.23. The van der Waals surface area contributed by atoms with Gasteiger partial charge in [-0.15, -0.1) is 34.0 Å². The Labute approximate surface area is 230 Å². The first-order valence-corrected chi connectivity index (χ1v) is 15.0. The fourth-order valence-corrected chi connectivity index (χ4v) is 7.63. The van der Waals surface area contributed by atoms with Crippen molar-refractivity contribution in [1.82, 2.24) is 9.97 Å². The molecule has 1 atom stereocenters. The van der Waals surface area contributed by atoms with Crippen LogP contribution in [0.3, 0.4) is 0 Å². The van der Waals surface area contributed by atoms with Crippen molar-refractivity contribution in [2.24, 2.45) is 9.98 Å². The van der Waals surface area contributed by atoms with Gasteiger partial charge >= 0.3 is 0 Å². The van der Waals surface area contributed by atoms with E-state index in [-0.39, 0.29) is 6.04 Å². The molecule has 0 saturated heterocycles. The average molecular weight is 545 g/mol. The first-order valence-electron chi connectivity index (χ1n) is 12.3. The summed E-state index contributed by atoms with van der Waals surface area (Å²) in [7, 11) is 0. The van der Waals surface area contributed by atoms with Crippen LogP contribution in [0.15, 0.2) is 117 Å². The van der Waals surface area contributed by atoms with Crippen molar-refractivity contribution in [1.29, 1.82) is 0 Å². The van der Waals surface area contributed by atoms with E-state index in [9.17, 15) is 0 Å². The molecule has 8 bridgehead atoms. The van der Waals surface area contributed by atoms with Gasteiger partial charge in [0.1, 0.15) is 6.04 Å². The number of fused-ring (bicyclic) bond motifs is 7. The smallest absolute Gasteiger partial charge is 0.109 e. The Hall–Kier alpha value is -4.04. The molecule has 8 heterocycles. The number of allylic oxidation sites excluding steroid dienone is 3. The summed E-state index contributed by atoms with van der Waals surface area (Å²) in [5.41, 5.74) is 8.39. The van der Waals surface area contributed by atoms with Gasteiger partial charge in [-0.2, -0.15) is 0 Å². The average Bonchev–Trinajstić information content (AvgIpc) is 3.76. The molecule has 2 N–H and O–H groups in total. The lowest BCUT2D eigenvalue weighted by Gasteiger charge is -2.08. The maximum atomic E-state index is 5.23. The molecular formula is C31H20N4S3. The second kappa shape index (κ2) is 8.77.